The Balaban J connectivity index is 1.34. The number of amides is 1. The van der Waals surface area contributed by atoms with Crippen LogP contribution in [0, 0.1) is 4.77 Å². The minimum Gasteiger partial charge on any atom is -0.350 e. The molecule has 3 aromatic heterocycles. The highest BCUT2D eigenvalue weighted by Crippen LogP contribution is 2.24. The maximum Gasteiger partial charge on any atom is 0.240 e. The van der Waals surface area contributed by atoms with Gasteiger partial charge in [-0.05, 0) is 29.2 Å². The van der Waals surface area contributed by atoms with Gasteiger partial charge in [0, 0.05) is 23.9 Å². The SMILES string of the molecule is O=C(Cn1c(-c2cccs2)n[nH]c1=S)NCc1cn(Cc2ccccc2)nc1-c1ccccc1. The van der Waals surface area contributed by atoms with E-state index in [2.05, 4.69) is 27.6 Å². The van der Waals surface area contributed by atoms with Crippen LogP contribution in [-0.4, -0.2) is 30.5 Å². The van der Waals surface area contributed by atoms with Gasteiger partial charge in [0.2, 0.25) is 5.91 Å². The van der Waals surface area contributed by atoms with Crippen molar-refractivity contribution in [1.82, 2.24) is 29.9 Å². The van der Waals surface area contributed by atoms with Crippen molar-refractivity contribution in [2.75, 3.05) is 0 Å². The number of hydrogen-bond acceptors (Lipinski definition) is 5. The van der Waals surface area contributed by atoms with Gasteiger partial charge >= 0.3 is 0 Å². The van der Waals surface area contributed by atoms with E-state index in [-0.39, 0.29) is 12.5 Å². The zero-order valence-electron chi connectivity index (χ0n) is 18.2. The van der Waals surface area contributed by atoms with E-state index in [9.17, 15) is 4.79 Å². The molecular formula is C25H22N6OS2. The van der Waals surface area contributed by atoms with E-state index in [4.69, 9.17) is 17.3 Å². The smallest absolute Gasteiger partial charge is 0.240 e. The molecule has 1 amide bonds. The Bertz CT molecular complexity index is 1440. The Morgan fingerprint density at radius 2 is 1.79 bits per heavy atom. The van der Waals surface area contributed by atoms with Crippen LogP contribution < -0.4 is 5.32 Å². The number of thiophene rings is 1. The summed E-state index contributed by atoms with van der Waals surface area (Å²) < 4.78 is 4.05. The van der Waals surface area contributed by atoms with Crippen molar-refractivity contribution in [1.29, 1.82) is 0 Å². The van der Waals surface area contributed by atoms with Gasteiger partial charge in [-0.1, -0.05) is 66.7 Å². The molecule has 170 valence electrons. The second-order valence-electron chi connectivity index (χ2n) is 7.74. The largest absolute Gasteiger partial charge is 0.350 e. The molecule has 0 spiro atoms. The predicted molar refractivity (Wildman–Crippen MR) is 136 cm³/mol. The lowest BCUT2D eigenvalue weighted by molar-refractivity contribution is -0.121. The van der Waals surface area contributed by atoms with Crippen LogP contribution in [0.5, 0.6) is 0 Å². The number of aromatic amines is 1. The molecule has 0 atom stereocenters. The quantitative estimate of drug-likeness (QED) is 0.306. The van der Waals surface area contributed by atoms with Crippen LogP contribution in [-0.2, 0) is 24.4 Å². The van der Waals surface area contributed by atoms with Crippen molar-refractivity contribution in [2.45, 2.75) is 19.6 Å². The van der Waals surface area contributed by atoms with Gasteiger partial charge in [-0.2, -0.15) is 10.2 Å². The molecule has 0 aliphatic rings. The lowest BCUT2D eigenvalue weighted by Crippen LogP contribution is -2.27. The molecule has 0 fully saturated rings. The van der Waals surface area contributed by atoms with Crippen LogP contribution in [0.4, 0.5) is 0 Å². The van der Waals surface area contributed by atoms with Gasteiger partial charge in [0.15, 0.2) is 10.6 Å². The normalized spacial score (nSPS) is 10.9. The third kappa shape index (κ3) is 4.90. The van der Waals surface area contributed by atoms with Crippen molar-refractivity contribution in [2.24, 2.45) is 0 Å². The molecule has 2 N–H and O–H groups in total. The first-order valence-electron chi connectivity index (χ1n) is 10.8. The maximum absolute atomic E-state index is 12.9. The van der Waals surface area contributed by atoms with Crippen LogP contribution >= 0.6 is 23.6 Å². The molecule has 3 heterocycles. The molecule has 5 aromatic rings. The molecule has 0 bridgehead atoms. The van der Waals surface area contributed by atoms with E-state index in [0.717, 1.165) is 27.3 Å². The molecule has 34 heavy (non-hydrogen) atoms. The zero-order chi connectivity index (χ0) is 23.3. The van der Waals surface area contributed by atoms with Gasteiger partial charge in [-0.25, -0.2) is 0 Å². The minimum atomic E-state index is -0.148. The Kier molecular flexibility index (Phi) is 6.46. The molecule has 0 radical (unpaired) electrons. The van der Waals surface area contributed by atoms with Crippen molar-refractivity contribution in [3.8, 4) is 22.0 Å². The number of nitrogens with one attached hydrogen (secondary N) is 2. The fourth-order valence-electron chi connectivity index (χ4n) is 3.73. The Labute approximate surface area is 205 Å². The average Bonchev–Trinajstić information content (AvgIpc) is 3.60. The molecule has 0 aliphatic heterocycles. The first kappa shape index (κ1) is 22.0. The fraction of sp³-hybridized carbons (Fsp3) is 0.120. The summed E-state index contributed by atoms with van der Waals surface area (Å²) in [4.78, 5) is 13.8. The van der Waals surface area contributed by atoms with Gasteiger partial charge in [0.05, 0.1) is 17.1 Å². The maximum atomic E-state index is 12.9. The number of carbonyl (C=O) groups excluding carboxylic acids is 1. The molecule has 0 saturated heterocycles. The van der Waals surface area contributed by atoms with Gasteiger partial charge in [-0.3, -0.25) is 19.1 Å². The van der Waals surface area contributed by atoms with Crippen molar-refractivity contribution in [3.63, 3.8) is 0 Å². The minimum absolute atomic E-state index is 0.0847. The number of H-pyrrole nitrogens is 1. The highest BCUT2D eigenvalue weighted by molar-refractivity contribution is 7.71. The second kappa shape index (κ2) is 9.98. The first-order chi connectivity index (χ1) is 16.7. The summed E-state index contributed by atoms with van der Waals surface area (Å²) >= 11 is 6.90. The third-order valence-corrected chi connectivity index (χ3v) is 6.53. The van der Waals surface area contributed by atoms with E-state index in [1.165, 1.54) is 0 Å². The number of hydrogen-bond donors (Lipinski definition) is 2. The number of aromatic nitrogens is 5. The Morgan fingerprint density at radius 3 is 2.53 bits per heavy atom. The van der Waals surface area contributed by atoms with Gasteiger partial charge in [0.1, 0.15) is 6.54 Å². The van der Waals surface area contributed by atoms with Crippen LogP contribution in [0.2, 0.25) is 0 Å². The van der Waals surface area contributed by atoms with Crippen molar-refractivity contribution in [3.05, 3.63) is 100 Å². The van der Waals surface area contributed by atoms with Crippen LogP contribution in [0.3, 0.4) is 0 Å². The number of rotatable bonds is 8. The summed E-state index contributed by atoms with van der Waals surface area (Å²) in [6, 6.07) is 24.1. The molecule has 0 saturated carbocycles. The lowest BCUT2D eigenvalue weighted by Gasteiger charge is -2.08. The molecule has 5 rings (SSSR count). The van der Waals surface area contributed by atoms with E-state index in [1.807, 2.05) is 76.9 Å². The molecule has 0 aliphatic carbocycles. The highest BCUT2D eigenvalue weighted by atomic mass is 32.1. The summed E-state index contributed by atoms with van der Waals surface area (Å²) in [6.45, 7) is 1.10. The van der Waals surface area contributed by atoms with Gasteiger partial charge in [-0.15, -0.1) is 11.3 Å². The summed E-state index contributed by atoms with van der Waals surface area (Å²) in [5, 5.41) is 16.9. The van der Waals surface area contributed by atoms with E-state index in [1.54, 1.807) is 15.9 Å². The molecule has 0 unspecified atom stereocenters. The molecule has 7 nitrogen and oxygen atoms in total. The Hall–Kier alpha value is -3.82. The second-order valence-corrected chi connectivity index (χ2v) is 9.08. The van der Waals surface area contributed by atoms with E-state index < -0.39 is 0 Å². The summed E-state index contributed by atoms with van der Waals surface area (Å²) in [7, 11) is 0. The van der Waals surface area contributed by atoms with Crippen LogP contribution in [0.15, 0.2) is 84.4 Å². The summed E-state index contributed by atoms with van der Waals surface area (Å²) in [6.07, 6.45) is 2.00. The average molecular weight is 487 g/mol. The standard InChI is InChI=1S/C25H22N6OS2/c32-22(17-31-24(27-28-25(31)33)21-12-7-13-34-21)26-14-20-16-30(15-18-8-3-1-4-9-18)29-23(20)19-10-5-2-6-11-19/h1-13,16H,14-15,17H2,(H,26,32)(H,28,33). The van der Waals surface area contributed by atoms with E-state index in [0.29, 0.717) is 23.7 Å². The lowest BCUT2D eigenvalue weighted by atomic mass is 10.1. The summed E-state index contributed by atoms with van der Waals surface area (Å²) in [5.41, 5.74) is 3.98. The van der Waals surface area contributed by atoms with Gasteiger partial charge in [0.25, 0.3) is 0 Å². The van der Waals surface area contributed by atoms with Crippen LogP contribution in [0.25, 0.3) is 22.0 Å². The number of carbonyl (C=O) groups is 1. The Morgan fingerprint density at radius 1 is 1.03 bits per heavy atom. The van der Waals surface area contributed by atoms with E-state index >= 15 is 0 Å². The molecular weight excluding hydrogens is 464 g/mol. The monoisotopic (exact) mass is 486 g/mol. The summed E-state index contributed by atoms with van der Waals surface area (Å²) in [5.74, 6) is 0.515. The fourth-order valence-corrected chi connectivity index (χ4v) is 4.65. The molecule has 9 heteroatoms. The topological polar surface area (TPSA) is 80.5 Å². The number of nitrogens with zero attached hydrogens (tertiary/aromatic N) is 4. The first-order valence-corrected chi connectivity index (χ1v) is 12.1. The number of benzene rings is 2. The molecule has 2 aromatic carbocycles. The predicted octanol–water partition coefficient (Wildman–Crippen LogP) is 4.90. The zero-order valence-corrected chi connectivity index (χ0v) is 19.9. The van der Waals surface area contributed by atoms with Crippen LogP contribution in [0.1, 0.15) is 11.1 Å². The van der Waals surface area contributed by atoms with Crippen molar-refractivity contribution >= 4 is 29.5 Å². The highest BCUT2D eigenvalue weighted by Gasteiger charge is 2.15. The van der Waals surface area contributed by atoms with Gasteiger partial charge < -0.3 is 5.32 Å². The van der Waals surface area contributed by atoms with Crippen molar-refractivity contribution < 1.29 is 4.79 Å². The third-order valence-electron chi connectivity index (χ3n) is 5.35.